The molecule has 0 saturated carbocycles. The van der Waals surface area contributed by atoms with Crippen molar-refractivity contribution in [3.8, 4) is 0 Å². The molecule has 1 aromatic rings. The van der Waals surface area contributed by atoms with Crippen LogP contribution in [0.4, 0.5) is 0 Å². The summed E-state index contributed by atoms with van der Waals surface area (Å²) in [5.41, 5.74) is 0.566. The van der Waals surface area contributed by atoms with Gasteiger partial charge < -0.3 is 5.11 Å². The number of aryl methyl sites for hydroxylation is 1. The van der Waals surface area contributed by atoms with Crippen molar-refractivity contribution in [2.45, 2.75) is 26.3 Å². The zero-order valence-electron chi connectivity index (χ0n) is 7.49. The molecule has 5 heteroatoms. The van der Waals surface area contributed by atoms with Gasteiger partial charge in [-0.2, -0.15) is 5.10 Å². The zero-order chi connectivity index (χ0) is 10.0. The molecular formula is C8H11ClN2O2. The zero-order valence-corrected chi connectivity index (χ0v) is 8.25. The van der Waals surface area contributed by atoms with E-state index in [0.717, 1.165) is 0 Å². The molecule has 0 aliphatic rings. The third kappa shape index (κ3) is 1.83. The van der Waals surface area contributed by atoms with Crippen LogP contribution in [0.1, 0.15) is 25.5 Å². The van der Waals surface area contributed by atoms with E-state index in [1.54, 1.807) is 11.6 Å². The number of hydrogen-bond donors (Lipinski definition) is 1. The van der Waals surface area contributed by atoms with E-state index in [4.69, 9.17) is 16.7 Å². The van der Waals surface area contributed by atoms with Gasteiger partial charge in [-0.15, -0.1) is 0 Å². The van der Waals surface area contributed by atoms with Crippen LogP contribution < -0.4 is 0 Å². The van der Waals surface area contributed by atoms with E-state index in [0.29, 0.717) is 17.3 Å². The number of carbonyl (C=O) groups is 1. The van der Waals surface area contributed by atoms with Crippen LogP contribution in [0.3, 0.4) is 0 Å². The Balaban J connectivity index is 3.10. The Morgan fingerprint density at radius 1 is 1.85 bits per heavy atom. The van der Waals surface area contributed by atoms with Crippen molar-refractivity contribution in [1.29, 1.82) is 0 Å². The van der Waals surface area contributed by atoms with Crippen LogP contribution in [0.15, 0.2) is 6.20 Å². The van der Waals surface area contributed by atoms with Crippen molar-refractivity contribution in [3.63, 3.8) is 0 Å². The predicted molar refractivity (Wildman–Crippen MR) is 49.0 cm³/mol. The molecule has 1 aromatic heterocycles. The number of halogens is 1. The van der Waals surface area contributed by atoms with Crippen LogP contribution in [0.25, 0.3) is 0 Å². The van der Waals surface area contributed by atoms with Gasteiger partial charge in [0.15, 0.2) is 0 Å². The van der Waals surface area contributed by atoms with Crippen molar-refractivity contribution >= 4 is 17.6 Å². The van der Waals surface area contributed by atoms with Crippen LogP contribution in [-0.4, -0.2) is 20.9 Å². The Morgan fingerprint density at radius 3 is 2.92 bits per heavy atom. The molecule has 0 amide bonds. The van der Waals surface area contributed by atoms with Crippen LogP contribution in [0.2, 0.25) is 5.02 Å². The predicted octanol–water partition coefficient (Wildman–Crippen LogP) is 1.74. The summed E-state index contributed by atoms with van der Waals surface area (Å²) < 4.78 is 1.60. The van der Waals surface area contributed by atoms with Crippen molar-refractivity contribution in [2.24, 2.45) is 0 Å². The maximum absolute atomic E-state index is 10.7. The third-order valence-electron chi connectivity index (χ3n) is 1.91. The van der Waals surface area contributed by atoms with E-state index in [2.05, 4.69) is 5.10 Å². The molecular weight excluding hydrogens is 192 g/mol. The van der Waals surface area contributed by atoms with E-state index in [1.165, 1.54) is 6.20 Å². The molecule has 0 fully saturated rings. The second-order valence-electron chi connectivity index (χ2n) is 2.75. The molecule has 4 nitrogen and oxygen atoms in total. The van der Waals surface area contributed by atoms with Crippen molar-refractivity contribution < 1.29 is 9.90 Å². The lowest BCUT2D eigenvalue weighted by Crippen LogP contribution is -2.13. The second kappa shape index (κ2) is 3.79. The molecule has 0 aliphatic carbocycles. The van der Waals surface area contributed by atoms with Gasteiger partial charge in [-0.3, -0.25) is 9.48 Å². The molecule has 1 atom stereocenters. The molecule has 1 N–H and O–H groups in total. The summed E-state index contributed by atoms with van der Waals surface area (Å²) in [6, 6.07) is 0. The lowest BCUT2D eigenvalue weighted by Gasteiger charge is -2.08. The minimum absolute atomic E-state index is 0.414. The number of aliphatic carboxylic acids is 1. The van der Waals surface area contributed by atoms with Crippen LogP contribution in [0, 0.1) is 0 Å². The van der Waals surface area contributed by atoms with Gasteiger partial charge >= 0.3 is 5.97 Å². The van der Waals surface area contributed by atoms with Crippen molar-refractivity contribution in [3.05, 3.63) is 16.9 Å². The normalized spacial score (nSPS) is 12.8. The monoisotopic (exact) mass is 202 g/mol. The first kappa shape index (κ1) is 10.1. The number of nitrogens with zero attached hydrogens (tertiary/aromatic N) is 2. The van der Waals surface area contributed by atoms with Crippen molar-refractivity contribution in [2.75, 3.05) is 0 Å². The molecule has 72 valence electrons. The van der Waals surface area contributed by atoms with Gasteiger partial charge in [0.05, 0.1) is 22.8 Å². The summed E-state index contributed by atoms with van der Waals surface area (Å²) in [5, 5.41) is 13.2. The lowest BCUT2D eigenvalue weighted by atomic mass is 10.1. The first-order valence-corrected chi connectivity index (χ1v) is 4.39. The molecule has 1 heterocycles. The fraction of sp³-hybridized carbons (Fsp3) is 0.500. The fourth-order valence-electron chi connectivity index (χ4n) is 1.17. The van der Waals surface area contributed by atoms with Gasteiger partial charge in [-0.25, -0.2) is 0 Å². The van der Waals surface area contributed by atoms with Gasteiger partial charge in [-0.1, -0.05) is 11.6 Å². The van der Waals surface area contributed by atoms with Crippen LogP contribution in [-0.2, 0) is 11.3 Å². The quantitative estimate of drug-likeness (QED) is 0.813. The van der Waals surface area contributed by atoms with Gasteiger partial charge in [0.1, 0.15) is 0 Å². The molecule has 0 aliphatic heterocycles. The van der Waals surface area contributed by atoms with Crippen molar-refractivity contribution in [1.82, 2.24) is 9.78 Å². The summed E-state index contributed by atoms with van der Waals surface area (Å²) in [7, 11) is 0. The Hall–Kier alpha value is -1.03. The average Bonchev–Trinajstić information content (AvgIpc) is 2.45. The molecule has 0 bridgehead atoms. The number of rotatable bonds is 3. The highest BCUT2D eigenvalue weighted by atomic mass is 35.5. The molecule has 0 saturated heterocycles. The highest BCUT2D eigenvalue weighted by Gasteiger charge is 2.21. The van der Waals surface area contributed by atoms with Gasteiger partial charge in [-0.05, 0) is 13.8 Å². The Morgan fingerprint density at radius 2 is 2.46 bits per heavy atom. The highest BCUT2D eigenvalue weighted by molar-refractivity contribution is 6.31. The summed E-state index contributed by atoms with van der Waals surface area (Å²) >= 11 is 5.82. The standard InChI is InChI=1S/C8H11ClN2O2/c1-3-11-7(5(2)8(12)13)6(9)4-10-11/h4-5H,3H2,1-2H3,(H,12,13). The van der Waals surface area contributed by atoms with Gasteiger partial charge in [0.25, 0.3) is 0 Å². The maximum atomic E-state index is 10.7. The van der Waals surface area contributed by atoms with Gasteiger partial charge in [0.2, 0.25) is 0 Å². The molecule has 13 heavy (non-hydrogen) atoms. The number of hydrogen-bond acceptors (Lipinski definition) is 2. The first-order chi connectivity index (χ1) is 6.07. The lowest BCUT2D eigenvalue weighted by molar-refractivity contribution is -0.138. The molecule has 0 radical (unpaired) electrons. The fourth-order valence-corrected chi connectivity index (χ4v) is 1.48. The molecule has 0 spiro atoms. The van der Waals surface area contributed by atoms with E-state index in [-0.39, 0.29) is 0 Å². The number of carboxylic acids is 1. The Kier molecular flexibility index (Phi) is 2.93. The maximum Gasteiger partial charge on any atom is 0.312 e. The largest absolute Gasteiger partial charge is 0.481 e. The summed E-state index contributed by atoms with van der Waals surface area (Å²) in [6.45, 7) is 4.11. The first-order valence-electron chi connectivity index (χ1n) is 4.02. The smallest absolute Gasteiger partial charge is 0.312 e. The molecule has 0 aromatic carbocycles. The highest BCUT2D eigenvalue weighted by Crippen LogP contribution is 2.24. The van der Waals surface area contributed by atoms with Gasteiger partial charge in [0, 0.05) is 6.54 Å². The Labute approximate surface area is 81.1 Å². The Bertz CT molecular complexity index is 322. The number of carboxylic acid groups (broad SMARTS) is 1. The summed E-state index contributed by atoms with van der Waals surface area (Å²) in [5.74, 6) is -1.51. The summed E-state index contributed by atoms with van der Waals surface area (Å²) in [6.07, 6.45) is 1.47. The van der Waals surface area contributed by atoms with Crippen LogP contribution >= 0.6 is 11.6 Å². The number of aromatic nitrogens is 2. The SMILES string of the molecule is CCn1ncc(Cl)c1C(C)C(=O)O. The van der Waals surface area contributed by atoms with Crippen LogP contribution in [0.5, 0.6) is 0 Å². The van der Waals surface area contributed by atoms with E-state index in [9.17, 15) is 4.79 Å². The topological polar surface area (TPSA) is 55.1 Å². The van der Waals surface area contributed by atoms with E-state index in [1.807, 2.05) is 6.92 Å². The molecule has 1 unspecified atom stereocenters. The average molecular weight is 203 g/mol. The second-order valence-corrected chi connectivity index (χ2v) is 3.16. The summed E-state index contributed by atoms with van der Waals surface area (Å²) in [4.78, 5) is 10.7. The van der Waals surface area contributed by atoms with E-state index < -0.39 is 11.9 Å². The third-order valence-corrected chi connectivity index (χ3v) is 2.20. The van der Waals surface area contributed by atoms with E-state index >= 15 is 0 Å². The minimum atomic E-state index is -0.892. The minimum Gasteiger partial charge on any atom is -0.481 e. The molecule has 1 rings (SSSR count).